The van der Waals surface area contributed by atoms with Gasteiger partial charge in [-0.25, -0.2) is 9.98 Å². The Morgan fingerprint density at radius 3 is 2.93 bits per heavy atom. The van der Waals surface area contributed by atoms with Crippen LogP contribution in [0, 0.1) is 6.92 Å². The molecule has 0 aromatic carbocycles. The number of likely N-dealkylation sites (N-methyl/N-ethyl adjacent to an activating group) is 1. The first-order valence-corrected chi connectivity index (χ1v) is 9.82. The molecule has 1 saturated heterocycles. The molecule has 1 aromatic heterocycles. The number of nitrogens with zero attached hydrogens (tertiary/aromatic N) is 4. The van der Waals surface area contributed by atoms with Crippen molar-refractivity contribution in [2.24, 2.45) is 4.99 Å². The van der Waals surface area contributed by atoms with Crippen LogP contribution in [0.15, 0.2) is 59.1 Å². The van der Waals surface area contributed by atoms with Gasteiger partial charge in [-0.05, 0) is 31.9 Å². The lowest BCUT2D eigenvalue weighted by molar-refractivity contribution is 0.282. The number of rotatable bonds is 5. The third-order valence-electron chi connectivity index (χ3n) is 5.70. The molecule has 0 spiro atoms. The molecule has 3 rings (SSSR count). The van der Waals surface area contributed by atoms with Crippen LogP contribution < -0.4 is 9.80 Å². The molecule has 1 unspecified atom stereocenters. The first-order valence-electron chi connectivity index (χ1n) is 9.82. The number of nitrogens with one attached hydrogen (secondary N) is 1. The highest BCUT2D eigenvalue weighted by molar-refractivity contribution is 6.04. The van der Waals surface area contributed by atoms with E-state index in [-0.39, 0.29) is 0 Å². The summed E-state index contributed by atoms with van der Waals surface area (Å²) < 4.78 is 0.813. The van der Waals surface area contributed by atoms with Gasteiger partial charge in [0.25, 0.3) is 0 Å². The highest BCUT2D eigenvalue weighted by Crippen LogP contribution is 2.29. The van der Waals surface area contributed by atoms with Gasteiger partial charge in [-0.2, -0.15) is 0 Å². The summed E-state index contributed by atoms with van der Waals surface area (Å²) in [5.41, 5.74) is 3.69. The number of amidine groups is 1. The molecule has 5 nitrogen and oxygen atoms in total. The van der Waals surface area contributed by atoms with Gasteiger partial charge >= 0.3 is 0 Å². The molecule has 3 heterocycles. The fourth-order valence-electron chi connectivity index (χ4n) is 3.72. The predicted octanol–water partition coefficient (Wildman–Crippen LogP) is 3.74. The summed E-state index contributed by atoms with van der Waals surface area (Å²) >= 11 is 0. The van der Waals surface area contributed by atoms with Crippen LogP contribution >= 0.6 is 0 Å². The van der Waals surface area contributed by atoms with Gasteiger partial charge in [0.15, 0.2) is 0 Å². The van der Waals surface area contributed by atoms with Crippen molar-refractivity contribution in [2.75, 3.05) is 27.2 Å². The summed E-state index contributed by atoms with van der Waals surface area (Å²) in [7, 11) is 4.54. The van der Waals surface area contributed by atoms with Crippen molar-refractivity contribution in [1.29, 1.82) is 0 Å². The maximum atomic E-state index is 4.69. The zero-order valence-electron chi connectivity index (χ0n) is 17.2. The smallest absolute Gasteiger partial charge is 0.227 e. The Hall–Kier alpha value is -2.40. The molecule has 5 heteroatoms. The number of pyridine rings is 1. The maximum Gasteiger partial charge on any atom is 0.227 e. The molecule has 0 saturated carbocycles. The van der Waals surface area contributed by atoms with Gasteiger partial charge in [-0.15, -0.1) is 0 Å². The van der Waals surface area contributed by atoms with Crippen LogP contribution in [0.5, 0.6) is 0 Å². The number of aromatic nitrogens is 1. The van der Waals surface area contributed by atoms with E-state index in [1.807, 2.05) is 18.6 Å². The monoisotopic (exact) mass is 366 g/mol. The van der Waals surface area contributed by atoms with Crippen LogP contribution in [0.3, 0.4) is 0 Å². The summed E-state index contributed by atoms with van der Waals surface area (Å²) in [6.45, 7) is 8.51. The topological polar surface area (TPSA) is 40.5 Å². The molecule has 1 aromatic rings. The normalized spacial score (nSPS) is 23.5. The fraction of sp³-hybridized carbons (Fsp3) is 0.455. The van der Waals surface area contributed by atoms with E-state index >= 15 is 0 Å². The molecule has 0 radical (unpaired) electrons. The fourth-order valence-corrected chi connectivity index (χ4v) is 3.72. The number of aliphatic imine (C=N–C) groups is 1. The Labute approximate surface area is 163 Å². The Bertz CT molecular complexity index is 783. The van der Waals surface area contributed by atoms with Gasteiger partial charge in [0, 0.05) is 48.9 Å². The molecule has 0 amide bonds. The van der Waals surface area contributed by atoms with Crippen molar-refractivity contribution in [3.8, 4) is 0 Å². The zero-order chi connectivity index (χ0) is 19.4. The molecule has 0 aliphatic carbocycles. The minimum absolute atomic E-state index is 0.523. The largest absolute Gasteiger partial charge is 0.368 e. The van der Waals surface area contributed by atoms with Crippen LogP contribution in [0.4, 0.5) is 5.82 Å². The summed E-state index contributed by atoms with van der Waals surface area (Å²) in [4.78, 5) is 11.8. The highest BCUT2D eigenvalue weighted by atomic mass is 15.4. The number of likely N-dealkylation sites (tertiary alicyclic amines) is 1. The van der Waals surface area contributed by atoms with Crippen LogP contribution in [0.2, 0.25) is 0 Å². The van der Waals surface area contributed by atoms with Crippen molar-refractivity contribution >= 4 is 11.7 Å². The first kappa shape index (κ1) is 19.4. The average molecular weight is 367 g/mol. The van der Waals surface area contributed by atoms with Crippen molar-refractivity contribution < 1.29 is 0 Å². The van der Waals surface area contributed by atoms with E-state index < -0.39 is 0 Å². The molecule has 1 N–H and O–H groups in total. The summed E-state index contributed by atoms with van der Waals surface area (Å²) in [5, 5.41) is 3.26. The third kappa shape index (κ3) is 4.14. The Kier molecular flexibility index (Phi) is 5.80. The summed E-state index contributed by atoms with van der Waals surface area (Å²) in [5.74, 6) is 2.07. The van der Waals surface area contributed by atoms with Gasteiger partial charge in [0.1, 0.15) is 11.9 Å². The number of hydrogen-bond donors (Lipinski definition) is 1. The second kappa shape index (κ2) is 8.09. The van der Waals surface area contributed by atoms with Crippen molar-refractivity contribution in [3.05, 3.63) is 59.7 Å². The van der Waals surface area contributed by atoms with Crippen LogP contribution in [0.25, 0.3) is 0 Å². The number of quaternary nitrogens is 1. The van der Waals surface area contributed by atoms with Crippen LogP contribution in [-0.2, 0) is 0 Å². The van der Waals surface area contributed by atoms with Crippen molar-refractivity contribution in [2.45, 2.75) is 39.7 Å². The van der Waals surface area contributed by atoms with E-state index in [2.05, 4.69) is 79.3 Å². The highest BCUT2D eigenvalue weighted by Gasteiger charge is 2.38. The molecular weight excluding hydrogens is 334 g/mol. The molecule has 2 aliphatic heterocycles. The van der Waals surface area contributed by atoms with Gasteiger partial charge < -0.3 is 10.2 Å². The van der Waals surface area contributed by atoms with E-state index in [9.17, 15) is 0 Å². The molecule has 0 bridgehead atoms. The third-order valence-corrected chi connectivity index (χ3v) is 5.70. The molecular formula is C22H32N5+. The SMILES string of the molecule is CCC=CN=C1NC=CC1=C(C)N1CCC([N+](C)(C)c2ccc(C)cn2)C1. The zero-order valence-corrected chi connectivity index (χ0v) is 17.2. The number of allylic oxidation sites excluding steroid dienone is 2. The van der Waals surface area contributed by atoms with Crippen LogP contribution in [-0.4, -0.2) is 48.9 Å². The lowest BCUT2D eigenvalue weighted by atomic mass is 10.1. The molecule has 1 fully saturated rings. The summed E-state index contributed by atoms with van der Waals surface area (Å²) in [6.07, 6.45) is 12.2. The lowest BCUT2D eigenvalue weighted by Crippen LogP contribution is -2.51. The van der Waals surface area contributed by atoms with Gasteiger partial charge in [0.05, 0.1) is 20.6 Å². The second-order valence-corrected chi connectivity index (χ2v) is 7.87. The quantitative estimate of drug-likeness (QED) is 0.807. The molecule has 27 heavy (non-hydrogen) atoms. The van der Waals surface area contributed by atoms with Crippen molar-refractivity contribution in [3.63, 3.8) is 0 Å². The maximum absolute atomic E-state index is 4.69. The summed E-state index contributed by atoms with van der Waals surface area (Å²) in [6, 6.07) is 4.84. The average Bonchev–Trinajstić information content (AvgIpc) is 3.32. The van der Waals surface area contributed by atoms with Crippen LogP contribution in [0.1, 0.15) is 32.3 Å². The van der Waals surface area contributed by atoms with Gasteiger partial charge in [0.2, 0.25) is 5.82 Å². The molecule has 1 atom stereocenters. The predicted molar refractivity (Wildman–Crippen MR) is 114 cm³/mol. The Balaban J connectivity index is 1.76. The van der Waals surface area contributed by atoms with E-state index in [0.717, 1.165) is 42.1 Å². The Morgan fingerprint density at radius 2 is 2.22 bits per heavy atom. The number of hydrogen-bond acceptors (Lipinski definition) is 3. The van der Waals surface area contributed by atoms with E-state index in [0.29, 0.717) is 6.04 Å². The van der Waals surface area contributed by atoms with Gasteiger partial charge in [-0.3, -0.25) is 4.48 Å². The minimum Gasteiger partial charge on any atom is -0.368 e. The van der Waals surface area contributed by atoms with E-state index in [1.54, 1.807) is 0 Å². The van der Waals surface area contributed by atoms with E-state index in [1.165, 1.54) is 16.8 Å². The lowest BCUT2D eigenvalue weighted by Gasteiger charge is -2.34. The number of aryl methyl sites for hydroxylation is 1. The standard InChI is InChI=1S/C22H32N5/c1-6-7-12-23-22-20(10-13-24-22)18(3)26-14-11-19(16-26)27(4,5)21-9-8-17(2)15-25-21/h7-10,12-13,15,19H,6,11,14,16H2,1-5H3,(H,23,24)/q+1. The first-order chi connectivity index (χ1) is 12.9. The van der Waals surface area contributed by atoms with E-state index in [4.69, 9.17) is 0 Å². The van der Waals surface area contributed by atoms with Crippen molar-refractivity contribution in [1.82, 2.24) is 19.7 Å². The second-order valence-electron chi connectivity index (χ2n) is 7.87. The van der Waals surface area contributed by atoms with Gasteiger partial charge in [-0.1, -0.05) is 19.1 Å². The molecule has 2 aliphatic rings. The Morgan fingerprint density at radius 1 is 1.41 bits per heavy atom. The molecule has 144 valence electrons. The minimum atomic E-state index is 0.523.